The number of amides is 1. The van der Waals surface area contributed by atoms with Crippen LogP contribution in [0.4, 0.5) is 10.6 Å². The van der Waals surface area contributed by atoms with Gasteiger partial charge in [0.2, 0.25) is 0 Å². The molecule has 34 heavy (non-hydrogen) atoms. The van der Waals surface area contributed by atoms with Crippen molar-refractivity contribution in [1.29, 1.82) is 0 Å². The summed E-state index contributed by atoms with van der Waals surface area (Å²) in [6.07, 6.45) is 2.91. The zero-order chi connectivity index (χ0) is 23.7. The Balaban J connectivity index is 1.49. The molecule has 0 aliphatic heterocycles. The SMILES string of the molecule is Nc1ncnc2c1n(-c1ccc(Oc3ccccc3)cc1)c(=O)n2C1CCC(NC(=O)O)CC1. The van der Waals surface area contributed by atoms with Gasteiger partial charge >= 0.3 is 11.8 Å². The Morgan fingerprint density at radius 2 is 1.68 bits per heavy atom. The summed E-state index contributed by atoms with van der Waals surface area (Å²) in [6.45, 7) is 0. The molecule has 0 saturated heterocycles. The van der Waals surface area contributed by atoms with Gasteiger partial charge in [0.05, 0.1) is 5.69 Å². The zero-order valence-corrected chi connectivity index (χ0v) is 18.3. The average Bonchev–Trinajstić information content (AvgIpc) is 3.13. The minimum absolute atomic E-state index is 0.113. The number of benzene rings is 2. The van der Waals surface area contributed by atoms with Gasteiger partial charge in [0, 0.05) is 12.1 Å². The van der Waals surface area contributed by atoms with Crippen molar-refractivity contribution in [3.8, 4) is 17.2 Å². The third-order valence-electron chi connectivity index (χ3n) is 6.14. The highest BCUT2D eigenvalue weighted by Crippen LogP contribution is 2.32. The van der Waals surface area contributed by atoms with Gasteiger partial charge in [-0.15, -0.1) is 0 Å². The van der Waals surface area contributed by atoms with E-state index in [1.807, 2.05) is 30.3 Å². The first-order valence-corrected chi connectivity index (χ1v) is 11.1. The molecule has 0 unspecified atom stereocenters. The van der Waals surface area contributed by atoms with Crippen molar-refractivity contribution in [2.24, 2.45) is 0 Å². The first-order valence-electron chi connectivity index (χ1n) is 11.1. The van der Waals surface area contributed by atoms with Gasteiger partial charge in [0.15, 0.2) is 11.5 Å². The van der Waals surface area contributed by atoms with Crippen molar-refractivity contribution in [1.82, 2.24) is 24.4 Å². The molecule has 1 aliphatic rings. The smallest absolute Gasteiger partial charge is 0.404 e. The van der Waals surface area contributed by atoms with Crippen molar-refractivity contribution >= 4 is 23.1 Å². The third-order valence-corrected chi connectivity index (χ3v) is 6.14. The van der Waals surface area contributed by atoms with Crippen LogP contribution in [-0.4, -0.2) is 36.3 Å². The molecule has 1 saturated carbocycles. The van der Waals surface area contributed by atoms with E-state index in [1.54, 1.807) is 28.8 Å². The highest BCUT2D eigenvalue weighted by molar-refractivity contribution is 5.84. The molecule has 1 aliphatic carbocycles. The molecule has 0 radical (unpaired) electrons. The normalized spacial score (nSPS) is 18.0. The Morgan fingerprint density at radius 3 is 2.35 bits per heavy atom. The highest BCUT2D eigenvalue weighted by atomic mass is 16.5. The fraction of sp³-hybridized carbons (Fsp3) is 0.250. The number of carbonyl (C=O) groups is 1. The molecule has 2 heterocycles. The minimum atomic E-state index is -1.03. The first kappa shape index (κ1) is 21.5. The molecule has 1 fully saturated rings. The molecule has 0 spiro atoms. The van der Waals surface area contributed by atoms with E-state index in [0.29, 0.717) is 48.3 Å². The van der Waals surface area contributed by atoms with Crippen LogP contribution in [0.5, 0.6) is 11.5 Å². The van der Waals surface area contributed by atoms with Crippen molar-refractivity contribution in [2.75, 3.05) is 5.73 Å². The lowest BCUT2D eigenvalue weighted by Gasteiger charge is -2.28. The molecule has 2 aromatic heterocycles. The molecule has 1 amide bonds. The number of nitrogens with two attached hydrogens (primary N) is 1. The Kier molecular flexibility index (Phi) is 5.62. The van der Waals surface area contributed by atoms with Crippen LogP contribution in [-0.2, 0) is 0 Å². The van der Waals surface area contributed by atoms with Gasteiger partial charge in [0.1, 0.15) is 23.3 Å². The number of hydrogen-bond acceptors (Lipinski definition) is 6. The van der Waals surface area contributed by atoms with E-state index < -0.39 is 6.09 Å². The van der Waals surface area contributed by atoms with Crippen molar-refractivity contribution in [3.05, 3.63) is 71.4 Å². The molecule has 4 N–H and O–H groups in total. The summed E-state index contributed by atoms with van der Waals surface area (Å²) in [6, 6.07) is 16.4. The van der Waals surface area contributed by atoms with Crippen LogP contribution in [0.3, 0.4) is 0 Å². The fourth-order valence-corrected chi connectivity index (χ4v) is 4.58. The summed E-state index contributed by atoms with van der Waals surface area (Å²) >= 11 is 0. The number of nitrogens with one attached hydrogen (secondary N) is 1. The summed E-state index contributed by atoms with van der Waals surface area (Å²) in [4.78, 5) is 33.1. The number of ether oxygens (including phenoxy) is 1. The second-order valence-corrected chi connectivity index (χ2v) is 8.28. The second kappa shape index (κ2) is 8.89. The monoisotopic (exact) mass is 460 g/mol. The van der Waals surface area contributed by atoms with E-state index in [2.05, 4.69) is 15.3 Å². The van der Waals surface area contributed by atoms with E-state index in [-0.39, 0.29) is 23.6 Å². The Labute approximate surface area is 194 Å². The molecule has 2 aromatic carbocycles. The van der Waals surface area contributed by atoms with Gasteiger partial charge < -0.3 is 20.9 Å². The number of hydrogen-bond donors (Lipinski definition) is 3. The number of carboxylic acid groups (broad SMARTS) is 1. The molecule has 0 bridgehead atoms. The van der Waals surface area contributed by atoms with Gasteiger partial charge in [-0.3, -0.25) is 9.13 Å². The number of rotatable bonds is 5. The third kappa shape index (κ3) is 4.05. The molecular formula is C24H24N6O4. The van der Waals surface area contributed by atoms with Crippen LogP contribution >= 0.6 is 0 Å². The maximum absolute atomic E-state index is 13.6. The van der Waals surface area contributed by atoms with Gasteiger partial charge in [-0.05, 0) is 62.1 Å². The average molecular weight is 460 g/mol. The predicted octanol–water partition coefficient (Wildman–Crippen LogP) is 3.71. The summed E-state index contributed by atoms with van der Waals surface area (Å²) in [5.74, 6) is 1.57. The van der Waals surface area contributed by atoms with Gasteiger partial charge in [-0.2, -0.15) is 0 Å². The maximum atomic E-state index is 13.6. The number of nitrogens with zero attached hydrogens (tertiary/aromatic N) is 4. The Bertz CT molecular complexity index is 1370. The number of aromatic nitrogens is 4. The number of imidazole rings is 1. The summed E-state index contributed by atoms with van der Waals surface area (Å²) in [5, 5.41) is 11.5. The van der Waals surface area contributed by atoms with Crippen LogP contribution in [0.25, 0.3) is 16.9 Å². The molecular weight excluding hydrogens is 436 g/mol. The Morgan fingerprint density at radius 1 is 1.00 bits per heavy atom. The maximum Gasteiger partial charge on any atom is 0.404 e. The number of anilines is 1. The van der Waals surface area contributed by atoms with E-state index in [1.165, 1.54) is 10.9 Å². The lowest BCUT2D eigenvalue weighted by atomic mass is 9.91. The van der Waals surface area contributed by atoms with Crippen LogP contribution in [0.15, 0.2) is 65.7 Å². The lowest BCUT2D eigenvalue weighted by Crippen LogP contribution is -2.38. The van der Waals surface area contributed by atoms with E-state index in [9.17, 15) is 9.59 Å². The zero-order valence-electron chi connectivity index (χ0n) is 18.3. The van der Waals surface area contributed by atoms with Crippen LogP contribution in [0, 0.1) is 0 Å². The van der Waals surface area contributed by atoms with Crippen LogP contribution < -0.4 is 21.5 Å². The quantitative estimate of drug-likeness (QED) is 0.413. The number of para-hydroxylation sites is 1. The summed E-state index contributed by atoms with van der Waals surface area (Å²) < 4.78 is 9.05. The highest BCUT2D eigenvalue weighted by Gasteiger charge is 2.29. The van der Waals surface area contributed by atoms with Crippen molar-refractivity contribution in [3.63, 3.8) is 0 Å². The Hall–Kier alpha value is -4.34. The fourth-order valence-electron chi connectivity index (χ4n) is 4.58. The molecule has 4 aromatic rings. The lowest BCUT2D eigenvalue weighted by molar-refractivity contribution is 0.182. The predicted molar refractivity (Wildman–Crippen MR) is 127 cm³/mol. The molecule has 174 valence electrons. The summed E-state index contributed by atoms with van der Waals surface area (Å²) in [7, 11) is 0. The number of fused-ring (bicyclic) bond motifs is 1. The molecule has 10 heteroatoms. The first-order chi connectivity index (χ1) is 16.5. The van der Waals surface area contributed by atoms with Gasteiger partial charge in [-0.25, -0.2) is 19.6 Å². The molecule has 5 rings (SSSR count). The molecule has 0 atom stereocenters. The van der Waals surface area contributed by atoms with E-state index in [4.69, 9.17) is 15.6 Å². The minimum Gasteiger partial charge on any atom is -0.465 e. The van der Waals surface area contributed by atoms with Crippen LogP contribution in [0.1, 0.15) is 31.7 Å². The standard InChI is InChI=1S/C24H24N6O4/c25-21-20-22(27-14-26-21)30(17-8-6-15(7-9-17)28-23(31)32)24(33)29(20)16-10-12-19(13-11-16)34-18-4-2-1-3-5-18/h1-5,10-15,17,28H,6-9H2,(H,31,32)(H2,25,26,27). The van der Waals surface area contributed by atoms with Gasteiger partial charge in [-0.1, -0.05) is 18.2 Å². The van der Waals surface area contributed by atoms with Crippen LogP contribution in [0.2, 0.25) is 0 Å². The van der Waals surface area contributed by atoms with Gasteiger partial charge in [0.25, 0.3) is 0 Å². The summed E-state index contributed by atoms with van der Waals surface area (Å²) in [5.41, 5.74) is 7.48. The van der Waals surface area contributed by atoms with Crippen molar-refractivity contribution in [2.45, 2.75) is 37.8 Å². The van der Waals surface area contributed by atoms with Crippen molar-refractivity contribution < 1.29 is 14.6 Å². The second-order valence-electron chi connectivity index (χ2n) is 8.28. The van der Waals surface area contributed by atoms with E-state index in [0.717, 1.165) is 5.75 Å². The largest absolute Gasteiger partial charge is 0.465 e. The van der Waals surface area contributed by atoms with E-state index >= 15 is 0 Å². The molecule has 10 nitrogen and oxygen atoms in total. The number of nitrogen functional groups attached to an aromatic ring is 1. The topological polar surface area (TPSA) is 137 Å².